The average molecular weight is 376 g/mol. The smallest absolute Gasteiger partial charge is 0.259 e. The highest BCUT2D eigenvalue weighted by molar-refractivity contribution is 6.00. The third-order valence-electron chi connectivity index (χ3n) is 5.13. The number of aryl methyl sites for hydroxylation is 1. The summed E-state index contributed by atoms with van der Waals surface area (Å²) >= 11 is 0. The number of nitrogens with one attached hydrogen (secondary N) is 2. The first kappa shape index (κ1) is 19.5. The van der Waals surface area contributed by atoms with Gasteiger partial charge in [0.15, 0.2) is 5.78 Å². The van der Waals surface area contributed by atoms with Crippen LogP contribution < -0.4 is 10.9 Å². The molecular weight excluding hydrogens is 352 g/mol. The van der Waals surface area contributed by atoms with E-state index in [1.165, 1.54) is 6.92 Å². The third kappa shape index (κ3) is 3.49. The minimum absolute atomic E-state index is 0.145. The number of carbonyl (C=O) groups excluding carboxylic acids is 1. The van der Waals surface area contributed by atoms with E-state index in [0.29, 0.717) is 16.8 Å². The SMILES string of the molecule is CC(=O)c1c(C)c2ccc(NC3C(C)OC(CO)C(O)C3O)cc2[nH]c1=O. The van der Waals surface area contributed by atoms with E-state index in [9.17, 15) is 24.9 Å². The van der Waals surface area contributed by atoms with E-state index in [2.05, 4.69) is 10.3 Å². The molecule has 1 aromatic heterocycles. The molecule has 1 aliphatic rings. The van der Waals surface area contributed by atoms with Gasteiger partial charge < -0.3 is 30.4 Å². The van der Waals surface area contributed by atoms with E-state index < -0.39 is 36.0 Å². The van der Waals surface area contributed by atoms with Crippen molar-refractivity contribution in [2.24, 2.45) is 0 Å². The summed E-state index contributed by atoms with van der Waals surface area (Å²) in [7, 11) is 0. The van der Waals surface area contributed by atoms with Crippen LogP contribution in [0.2, 0.25) is 0 Å². The number of Topliss-reactive ketones (excluding diaryl/α,β-unsaturated/α-hetero) is 1. The summed E-state index contributed by atoms with van der Waals surface area (Å²) in [5.74, 6) is -0.290. The average Bonchev–Trinajstić information content (AvgIpc) is 2.61. The molecule has 0 aliphatic carbocycles. The summed E-state index contributed by atoms with van der Waals surface area (Å²) in [4.78, 5) is 26.6. The molecule has 1 aromatic carbocycles. The topological polar surface area (TPSA) is 132 Å². The number of aliphatic hydroxyl groups excluding tert-OH is 3. The monoisotopic (exact) mass is 376 g/mol. The maximum atomic E-state index is 12.2. The van der Waals surface area contributed by atoms with Gasteiger partial charge in [0.05, 0.1) is 29.8 Å². The van der Waals surface area contributed by atoms with Crippen LogP contribution in [0, 0.1) is 6.92 Å². The zero-order chi connectivity index (χ0) is 19.9. The highest BCUT2D eigenvalue weighted by Gasteiger charge is 2.42. The minimum atomic E-state index is -1.22. The molecule has 27 heavy (non-hydrogen) atoms. The van der Waals surface area contributed by atoms with Gasteiger partial charge in [-0.25, -0.2) is 0 Å². The number of carbonyl (C=O) groups is 1. The van der Waals surface area contributed by atoms with Crippen molar-refractivity contribution < 1.29 is 24.9 Å². The van der Waals surface area contributed by atoms with Gasteiger partial charge in [-0.3, -0.25) is 9.59 Å². The zero-order valence-electron chi connectivity index (χ0n) is 15.4. The molecule has 8 heteroatoms. The number of pyridine rings is 1. The van der Waals surface area contributed by atoms with Crippen molar-refractivity contribution >= 4 is 22.4 Å². The largest absolute Gasteiger partial charge is 0.394 e. The van der Waals surface area contributed by atoms with Crippen molar-refractivity contribution in [2.45, 2.75) is 51.2 Å². The maximum absolute atomic E-state index is 12.2. The first-order valence-corrected chi connectivity index (χ1v) is 8.81. The second-order valence-corrected chi connectivity index (χ2v) is 6.98. The van der Waals surface area contributed by atoms with Crippen molar-refractivity contribution in [3.63, 3.8) is 0 Å². The number of benzene rings is 1. The number of hydrogen-bond acceptors (Lipinski definition) is 7. The lowest BCUT2D eigenvalue weighted by Crippen LogP contribution is -2.60. The third-order valence-corrected chi connectivity index (χ3v) is 5.13. The number of fused-ring (bicyclic) bond motifs is 1. The van der Waals surface area contributed by atoms with Gasteiger partial charge in [0.1, 0.15) is 18.3 Å². The fourth-order valence-electron chi connectivity index (χ4n) is 3.68. The number of ketones is 1. The summed E-state index contributed by atoms with van der Waals surface area (Å²) in [6, 6.07) is 4.65. The molecule has 146 valence electrons. The molecular formula is C19H24N2O6. The van der Waals surface area contributed by atoms with E-state index in [0.717, 1.165) is 5.39 Å². The van der Waals surface area contributed by atoms with Crippen LogP contribution in [-0.4, -0.2) is 63.2 Å². The van der Waals surface area contributed by atoms with E-state index in [-0.39, 0.29) is 18.0 Å². The Morgan fingerprint density at radius 2 is 2.00 bits per heavy atom. The number of anilines is 1. The van der Waals surface area contributed by atoms with Crippen molar-refractivity contribution in [1.82, 2.24) is 4.98 Å². The maximum Gasteiger partial charge on any atom is 0.259 e. The predicted octanol–water partition coefficient (Wildman–Crippen LogP) is 0.321. The molecule has 5 N–H and O–H groups in total. The summed E-state index contributed by atoms with van der Waals surface area (Å²) in [5, 5.41) is 33.5. The van der Waals surface area contributed by atoms with E-state index in [1.807, 2.05) is 0 Å². The Morgan fingerprint density at radius 1 is 1.30 bits per heavy atom. The standard InChI is InChI=1S/C19H24N2O6/c1-8-12-5-4-11(6-13(12)21-19(26)15(8)9(2)23)20-16-10(3)27-14(7-22)17(24)18(16)25/h4-6,10,14,16-18,20,22,24-25H,7H2,1-3H3,(H,21,26). The Balaban J connectivity index is 1.93. The molecule has 5 unspecified atom stereocenters. The van der Waals surface area contributed by atoms with Crippen molar-refractivity contribution in [1.29, 1.82) is 0 Å². The molecule has 5 atom stereocenters. The van der Waals surface area contributed by atoms with Crippen LogP contribution in [0.15, 0.2) is 23.0 Å². The fraction of sp³-hybridized carbons (Fsp3) is 0.474. The van der Waals surface area contributed by atoms with E-state index in [4.69, 9.17) is 4.74 Å². The molecule has 0 saturated carbocycles. The van der Waals surface area contributed by atoms with Crippen molar-refractivity contribution in [3.05, 3.63) is 39.7 Å². The lowest BCUT2D eigenvalue weighted by Gasteiger charge is -2.41. The van der Waals surface area contributed by atoms with E-state index >= 15 is 0 Å². The van der Waals surface area contributed by atoms with Gasteiger partial charge >= 0.3 is 0 Å². The number of aromatic nitrogens is 1. The number of rotatable bonds is 4. The zero-order valence-corrected chi connectivity index (χ0v) is 15.4. The molecule has 0 radical (unpaired) electrons. The van der Waals surface area contributed by atoms with Crippen LogP contribution in [0.3, 0.4) is 0 Å². The Morgan fingerprint density at radius 3 is 2.63 bits per heavy atom. The molecule has 0 bridgehead atoms. The van der Waals surface area contributed by atoms with Gasteiger partial charge in [0, 0.05) is 11.1 Å². The van der Waals surface area contributed by atoms with Crippen LogP contribution in [0.4, 0.5) is 5.69 Å². The lowest BCUT2D eigenvalue weighted by molar-refractivity contribution is -0.180. The van der Waals surface area contributed by atoms with E-state index in [1.54, 1.807) is 32.0 Å². The van der Waals surface area contributed by atoms with Gasteiger partial charge in [-0.2, -0.15) is 0 Å². The molecule has 1 fully saturated rings. The summed E-state index contributed by atoms with van der Waals surface area (Å²) in [6.07, 6.45) is -3.66. The highest BCUT2D eigenvalue weighted by Crippen LogP contribution is 2.26. The Bertz CT molecular complexity index is 924. The number of aliphatic hydroxyl groups is 3. The Labute approximate surface area is 155 Å². The molecule has 1 saturated heterocycles. The normalized spacial score (nSPS) is 28.3. The molecule has 2 aromatic rings. The van der Waals surface area contributed by atoms with Crippen LogP contribution >= 0.6 is 0 Å². The minimum Gasteiger partial charge on any atom is -0.394 e. The second-order valence-electron chi connectivity index (χ2n) is 6.98. The number of H-pyrrole nitrogens is 1. The molecule has 2 heterocycles. The van der Waals surface area contributed by atoms with Crippen LogP contribution in [0.1, 0.15) is 29.8 Å². The quantitative estimate of drug-likeness (QED) is 0.486. The first-order valence-electron chi connectivity index (χ1n) is 8.81. The van der Waals surface area contributed by atoms with Gasteiger partial charge in [0.25, 0.3) is 5.56 Å². The van der Waals surface area contributed by atoms with Crippen LogP contribution in [0.5, 0.6) is 0 Å². The van der Waals surface area contributed by atoms with Gasteiger partial charge in [-0.05, 0) is 38.5 Å². The summed E-state index contributed by atoms with van der Waals surface area (Å²) < 4.78 is 5.55. The molecule has 0 amide bonds. The molecule has 1 aliphatic heterocycles. The molecule has 8 nitrogen and oxygen atoms in total. The summed E-state index contributed by atoms with van der Waals surface area (Å²) in [5.41, 5.74) is 1.48. The van der Waals surface area contributed by atoms with Gasteiger partial charge in [-0.15, -0.1) is 0 Å². The molecule has 3 rings (SSSR count). The first-order chi connectivity index (χ1) is 12.7. The van der Waals surface area contributed by atoms with Gasteiger partial charge in [0.2, 0.25) is 0 Å². The molecule has 0 spiro atoms. The Kier molecular flexibility index (Phi) is 5.34. The lowest BCUT2D eigenvalue weighted by atomic mass is 9.93. The fourth-order valence-corrected chi connectivity index (χ4v) is 3.68. The van der Waals surface area contributed by atoms with Crippen molar-refractivity contribution in [2.75, 3.05) is 11.9 Å². The Hall–Kier alpha value is -2.26. The van der Waals surface area contributed by atoms with Gasteiger partial charge in [-0.1, -0.05) is 6.07 Å². The predicted molar refractivity (Wildman–Crippen MR) is 100 cm³/mol. The number of aromatic amines is 1. The van der Waals surface area contributed by atoms with Crippen molar-refractivity contribution in [3.8, 4) is 0 Å². The number of hydrogen-bond donors (Lipinski definition) is 5. The highest BCUT2D eigenvalue weighted by atomic mass is 16.5. The summed E-state index contributed by atoms with van der Waals surface area (Å²) in [6.45, 7) is 4.44. The number of ether oxygens (including phenoxy) is 1. The van der Waals surface area contributed by atoms with Crippen LogP contribution in [-0.2, 0) is 4.74 Å². The van der Waals surface area contributed by atoms with Crippen LogP contribution in [0.25, 0.3) is 10.9 Å². The second kappa shape index (κ2) is 7.40.